The lowest BCUT2D eigenvalue weighted by atomic mass is 10.3. The van der Waals surface area contributed by atoms with Gasteiger partial charge in [0, 0.05) is 13.1 Å². The van der Waals surface area contributed by atoms with Gasteiger partial charge < -0.3 is 10.6 Å². The van der Waals surface area contributed by atoms with Gasteiger partial charge in [-0.05, 0) is 44.2 Å². The summed E-state index contributed by atoms with van der Waals surface area (Å²) in [6.45, 7) is 4.79. The lowest BCUT2D eigenvalue weighted by Gasteiger charge is -2.05. The maximum Gasteiger partial charge on any atom is 0.00768 e. The molecule has 2 nitrogen and oxygen atoms in total. The van der Waals surface area contributed by atoms with Gasteiger partial charge in [0.05, 0.1) is 0 Å². The van der Waals surface area contributed by atoms with Crippen LogP contribution in [0.1, 0.15) is 32.1 Å². The Morgan fingerprint density at radius 2 is 1.46 bits per heavy atom. The van der Waals surface area contributed by atoms with Crippen molar-refractivity contribution in [2.75, 3.05) is 26.2 Å². The predicted molar refractivity (Wildman–Crippen MR) is 55.8 cm³/mol. The first kappa shape index (κ1) is 9.47. The zero-order valence-corrected chi connectivity index (χ0v) is 8.52. The van der Waals surface area contributed by atoms with Gasteiger partial charge >= 0.3 is 0 Å². The third-order valence-electron chi connectivity index (χ3n) is 3.03. The Balaban J connectivity index is 1.28. The van der Waals surface area contributed by atoms with Gasteiger partial charge in [-0.2, -0.15) is 0 Å². The molecule has 0 bridgehead atoms. The van der Waals surface area contributed by atoms with E-state index in [4.69, 9.17) is 0 Å². The van der Waals surface area contributed by atoms with Crippen molar-refractivity contribution in [1.82, 2.24) is 10.6 Å². The van der Waals surface area contributed by atoms with E-state index in [1.54, 1.807) is 0 Å². The summed E-state index contributed by atoms with van der Waals surface area (Å²) in [5.74, 6) is 2.10. The molecule has 0 atom stereocenters. The van der Waals surface area contributed by atoms with E-state index < -0.39 is 0 Å². The SMILES string of the molecule is C(CNCC1CC1)NCCC1CC1. The van der Waals surface area contributed by atoms with Crippen molar-refractivity contribution in [3.63, 3.8) is 0 Å². The van der Waals surface area contributed by atoms with E-state index >= 15 is 0 Å². The molecular formula is C11H22N2. The molecule has 0 aromatic heterocycles. The number of rotatable bonds is 8. The second kappa shape index (κ2) is 4.97. The Hall–Kier alpha value is -0.0800. The monoisotopic (exact) mass is 182 g/mol. The highest BCUT2D eigenvalue weighted by molar-refractivity contribution is 4.75. The number of nitrogens with one attached hydrogen (secondary N) is 2. The fourth-order valence-electron chi connectivity index (χ4n) is 1.64. The van der Waals surface area contributed by atoms with E-state index in [-0.39, 0.29) is 0 Å². The lowest BCUT2D eigenvalue weighted by Crippen LogP contribution is -2.29. The molecule has 0 saturated heterocycles. The molecule has 0 unspecified atom stereocenters. The highest BCUT2D eigenvalue weighted by Gasteiger charge is 2.20. The largest absolute Gasteiger partial charge is 0.315 e. The van der Waals surface area contributed by atoms with Gasteiger partial charge in [-0.25, -0.2) is 0 Å². The minimum atomic E-state index is 1.02. The molecule has 0 radical (unpaired) electrons. The normalized spacial score (nSPS) is 22.2. The second-order valence-corrected chi connectivity index (χ2v) is 4.63. The summed E-state index contributed by atoms with van der Waals surface area (Å²) in [5, 5.41) is 6.98. The van der Waals surface area contributed by atoms with Crippen LogP contribution in [0.2, 0.25) is 0 Å². The zero-order chi connectivity index (χ0) is 8.93. The molecule has 2 heteroatoms. The Morgan fingerprint density at radius 1 is 0.769 bits per heavy atom. The minimum Gasteiger partial charge on any atom is -0.315 e. The average Bonchev–Trinajstić information content (AvgIpc) is 2.99. The van der Waals surface area contributed by atoms with Gasteiger partial charge in [0.2, 0.25) is 0 Å². The quantitative estimate of drug-likeness (QED) is 0.554. The molecule has 2 saturated carbocycles. The van der Waals surface area contributed by atoms with Crippen LogP contribution in [-0.4, -0.2) is 26.2 Å². The Bertz CT molecular complexity index is 123. The van der Waals surface area contributed by atoms with E-state index in [0.717, 1.165) is 24.9 Å². The van der Waals surface area contributed by atoms with Crippen LogP contribution in [0.15, 0.2) is 0 Å². The third-order valence-corrected chi connectivity index (χ3v) is 3.03. The topological polar surface area (TPSA) is 24.1 Å². The van der Waals surface area contributed by atoms with Crippen LogP contribution in [0.3, 0.4) is 0 Å². The van der Waals surface area contributed by atoms with Gasteiger partial charge in [0.15, 0.2) is 0 Å². The molecule has 0 heterocycles. The molecule has 0 aromatic carbocycles. The number of hydrogen-bond donors (Lipinski definition) is 2. The molecule has 76 valence electrons. The summed E-state index contributed by atoms with van der Waals surface area (Å²) in [5.41, 5.74) is 0. The highest BCUT2D eigenvalue weighted by Crippen LogP contribution is 2.31. The van der Waals surface area contributed by atoms with Crippen molar-refractivity contribution < 1.29 is 0 Å². The second-order valence-electron chi connectivity index (χ2n) is 4.63. The Morgan fingerprint density at radius 3 is 2.15 bits per heavy atom. The minimum absolute atomic E-state index is 1.02. The van der Waals surface area contributed by atoms with Gasteiger partial charge in [0.25, 0.3) is 0 Å². The first-order valence-electron chi connectivity index (χ1n) is 5.86. The molecule has 0 spiro atoms. The van der Waals surface area contributed by atoms with E-state index in [2.05, 4.69) is 10.6 Å². The van der Waals surface area contributed by atoms with Crippen LogP contribution >= 0.6 is 0 Å². The summed E-state index contributed by atoms with van der Waals surface area (Å²) >= 11 is 0. The van der Waals surface area contributed by atoms with E-state index in [0.29, 0.717) is 0 Å². The average molecular weight is 182 g/mol. The van der Waals surface area contributed by atoms with Gasteiger partial charge in [-0.1, -0.05) is 12.8 Å². The van der Waals surface area contributed by atoms with Crippen molar-refractivity contribution in [2.45, 2.75) is 32.1 Å². The number of hydrogen-bond acceptors (Lipinski definition) is 2. The molecule has 13 heavy (non-hydrogen) atoms. The maximum atomic E-state index is 3.49. The molecule has 2 fully saturated rings. The fourth-order valence-corrected chi connectivity index (χ4v) is 1.64. The van der Waals surface area contributed by atoms with Crippen molar-refractivity contribution >= 4 is 0 Å². The van der Waals surface area contributed by atoms with Crippen molar-refractivity contribution in [1.29, 1.82) is 0 Å². The van der Waals surface area contributed by atoms with Crippen LogP contribution in [0.25, 0.3) is 0 Å². The van der Waals surface area contributed by atoms with Crippen LogP contribution in [0.4, 0.5) is 0 Å². The first-order valence-corrected chi connectivity index (χ1v) is 5.86. The molecular weight excluding hydrogens is 160 g/mol. The van der Waals surface area contributed by atoms with Crippen LogP contribution in [0.5, 0.6) is 0 Å². The fraction of sp³-hybridized carbons (Fsp3) is 1.00. The molecule has 0 aromatic rings. The van der Waals surface area contributed by atoms with E-state index in [1.807, 2.05) is 0 Å². The molecule has 0 amide bonds. The van der Waals surface area contributed by atoms with E-state index in [1.165, 1.54) is 45.2 Å². The van der Waals surface area contributed by atoms with Crippen molar-refractivity contribution in [3.8, 4) is 0 Å². The maximum absolute atomic E-state index is 3.49. The molecule has 2 N–H and O–H groups in total. The standard InChI is InChI=1S/C11H22N2/c1-2-10(1)5-6-12-7-8-13-9-11-3-4-11/h10-13H,1-9H2. The predicted octanol–water partition coefficient (Wildman–Crippen LogP) is 1.38. The Kier molecular flexibility index (Phi) is 3.62. The summed E-state index contributed by atoms with van der Waals surface area (Å²) in [6, 6.07) is 0. The molecule has 0 aliphatic heterocycles. The summed E-state index contributed by atoms with van der Waals surface area (Å²) in [6.07, 6.45) is 7.30. The molecule has 2 aliphatic carbocycles. The Labute approximate surface area is 81.5 Å². The van der Waals surface area contributed by atoms with Gasteiger partial charge in [-0.15, -0.1) is 0 Å². The van der Waals surface area contributed by atoms with Crippen molar-refractivity contribution in [3.05, 3.63) is 0 Å². The summed E-state index contributed by atoms with van der Waals surface area (Å²) in [7, 11) is 0. The molecule has 2 aliphatic rings. The van der Waals surface area contributed by atoms with Crippen LogP contribution in [0, 0.1) is 11.8 Å². The third kappa shape index (κ3) is 4.63. The highest BCUT2D eigenvalue weighted by atomic mass is 14.9. The summed E-state index contributed by atoms with van der Waals surface area (Å²) < 4.78 is 0. The smallest absolute Gasteiger partial charge is 0.00768 e. The van der Waals surface area contributed by atoms with Crippen molar-refractivity contribution in [2.24, 2.45) is 11.8 Å². The van der Waals surface area contributed by atoms with Gasteiger partial charge in [-0.3, -0.25) is 0 Å². The van der Waals surface area contributed by atoms with Crippen LogP contribution in [-0.2, 0) is 0 Å². The van der Waals surface area contributed by atoms with Gasteiger partial charge in [0.1, 0.15) is 0 Å². The summed E-state index contributed by atoms with van der Waals surface area (Å²) in [4.78, 5) is 0. The first-order chi connectivity index (χ1) is 6.45. The zero-order valence-electron chi connectivity index (χ0n) is 8.52. The van der Waals surface area contributed by atoms with E-state index in [9.17, 15) is 0 Å². The molecule has 2 rings (SSSR count). The lowest BCUT2D eigenvalue weighted by molar-refractivity contribution is 0.567. The van der Waals surface area contributed by atoms with Crippen LogP contribution < -0.4 is 10.6 Å².